The van der Waals surface area contributed by atoms with Gasteiger partial charge in [-0.05, 0) is 19.9 Å². The van der Waals surface area contributed by atoms with Gasteiger partial charge in [-0.1, -0.05) is 18.2 Å². The zero-order valence-corrected chi connectivity index (χ0v) is 9.91. The molecule has 1 aromatic carbocycles. The van der Waals surface area contributed by atoms with E-state index in [1.54, 1.807) is 6.07 Å². The Labute approximate surface area is 96.5 Å². The van der Waals surface area contributed by atoms with E-state index >= 15 is 0 Å². The highest BCUT2D eigenvalue weighted by atomic mass is 19.1. The molecule has 1 saturated heterocycles. The average molecular weight is 222 g/mol. The molecule has 2 nitrogen and oxygen atoms in total. The van der Waals surface area contributed by atoms with Crippen molar-refractivity contribution in [1.82, 2.24) is 10.2 Å². The van der Waals surface area contributed by atoms with Crippen LogP contribution in [-0.4, -0.2) is 30.1 Å². The van der Waals surface area contributed by atoms with Crippen molar-refractivity contribution in [1.29, 1.82) is 0 Å². The fraction of sp³-hybridized carbons (Fsp3) is 0.538. The van der Waals surface area contributed by atoms with Crippen molar-refractivity contribution < 1.29 is 4.39 Å². The molecule has 88 valence electrons. The molecule has 0 bridgehead atoms. The van der Waals surface area contributed by atoms with E-state index in [4.69, 9.17) is 0 Å². The lowest BCUT2D eigenvalue weighted by Gasteiger charge is -2.37. The van der Waals surface area contributed by atoms with Gasteiger partial charge in [-0.25, -0.2) is 4.39 Å². The normalized spacial score (nSPS) is 26.9. The molecule has 16 heavy (non-hydrogen) atoms. The first kappa shape index (κ1) is 11.6. The second kappa shape index (κ2) is 4.93. The number of benzene rings is 1. The molecule has 3 heteroatoms. The van der Waals surface area contributed by atoms with E-state index in [9.17, 15) is 4.39 Å². The predicted octanol–water partition coefficient (Wildman–Crippen LogP) is 2.01. The van der Waals surface area contributed by atoms with E-state index in [2.05, 4.69) is 24.1 Å². The van der Waals surface area contributed by atoms with Crippen LogP contribution in [0.4, 0.5) is 4.39 Å². The minimum Gasteiger partial charge on any atom is -0.311 e. The van der Waals surface area contributed by atoms with E-state index in [0.717, 1.165) is 18.7 Å². The Balaban J connectivity index is 2.06. The van der Waals surface area contributed by atoms with Crippen LogP contribution in [0.3, 0.4) is 0 Å². The zero-order valence-electron chi connectivity index (χ0n) is 9.91. The smallest absolute Gasteiger partial charge is 0.127 e. The fourth-order valence-electron chi connectivity index (χ4n) is 2.16. The van der Waals surface area contributed by atoms with Gasteiger partial charge in [0.1, 0.15) is 5.82 Å². The number of rotatable bonds is 2. The first-order chi connectivity index (χ1) is 7.66. The molecule has 2 unspecified atom stereocenters. The summed E-state index contributed by atoms with van der Waals surface area (Å²) >= 11 is 0. The second-order valence-electron chi connectivity index (χ2n) is 4.68. The lowest BCUT2D eigenvalue weighted by atomic mass is 10.1. The standard InChI is InChI=1S/C13H19FN2/c1-10-8-16(11(2)7-15-10)9-12-5-3-4-6-13(12)14/h3-6,10-11,15H,7-9H2,1-2H3. The van der Waals surface area contributed by atoms with Gasteiger partial charge in [0.25, 0.3) is 0 Å². The molecule has 1 heterocycles. The van der Waals surface area contributed by atoms with E-state index in [0.29, 0.717) is 18.6 Å². The second-order valence-corrected chi connectivity index (χ2v) is 4.68. The van der Waals surface area contributed by atoms with Crippen LogP contribution in [0.15, 0.2) is 24.3 Å². The number of nitrogens with one attached hydrogen (secondary N) is 1. The first-order valence-electron chi connectivity index (χ1n) is 5.87. The summed E-state index contributed by atoms with van der Waals surface area (Å²) in [6, 6.07) is 8.00. The Kier molecular flexibility index (Phi) is 3.56. The molecule has 0 radical (unpaired) electrons. The number of piperazine rings is 1. The zero-order chi connectivity index (χ0) is 11.5. The van der Waals surface area contributed by atoms with Crippen LogP contribution >= 0.6 is 0 Å². The molecule has 0 aliphatic carbocycles. The maximum atomic E-state index is 13.5. The van der Waals surface area contributed by atoms with Gasteiger partial charge in [-0.2, -0.15) is 0 Å². The van der Waals surface area contributed by atoms with Gasteiger partial charge in [-0.3, -0.25) is 4.90 Å². The maximum Gasteiger partial charge on any atom is 0.127 e. The average Bonchev–Trinajstić information content (AvgIpc) is 2.27. The van der Waals surface area contributed by atoms with Crippen molar-refractivity contribution >= 4 is 0 Å². The van der Waals surface area contributed by atoms with Gasteiger partial charge < -0.3 is 5.32 Å². The van der Waals surface area contributed by atoms with Crippen molar-refractivity contribution in [3.8, 4) is 0 Å². The van der Waals surface area contributed by atoms with Crippen LogP contribution in [0.1, 0.15) is 19.4 Å². The number of hydrogen-bond donors (Lipinski definition) is 1. The van der Waals surface area contributed by atoms with Crippen LogP contribution in [0, 0.1) is 5.82 Å². The first-order valence-corrected chi connectivity index (χ1v) is 5.87. The molecule has 1 N–H and O–H groups in total. The number of halogens is 1. The van der Waals surface area contributed by atoms with Gasteiger partial charge >= 0.3 is 0 Å². The van der Waals surface area contributed by atoms with Gasteiger partial charge in [0.2, 0.25) is 0 Å². The maximum absolute atomic E-state index is 13.5. The number of hydrogen-bond acceptors (Lipinski definition) is 2. The lowest BCUT2D eigenvalue weighted by molar-refractivity contribution is 0.137. The third kappa shape index (κ3) is 2.60. The summed E-state index contributed by atoms with van der Waals surface area (Å²) in [7, 11) is 0. The third-order valence-corrected chi connectivity index (χ3v) is 3.22. The highest BCUT2D eigenvalue weighted by Crippen LogP contribution is 2.14. The van der Waals surface area contributed by atoms with Gasteiger partial charge in [-0.15, -0.1) is 0 Å². The minimum atomic E-state index is -0.0964. The Morgan fingerprint density at radius 2 is 2.12 bits per heavy atom. The van der Waals surface area contributed by atoms with Crippen LogP contribution in [0.25, 0.3) is 0 Å². The van der Waals surface area contributed by atoms with E-state index < -0.39 is 0 Å². The van der Waals surface area contributed by atoms with Crippen LogP contribution in [0.2, 0.25) is 0 Å². The summed E-state index contributed by atoms with van der Waals surface area (Å²) in [5.74, 6) is -0.0964. The Hall–Kier alpha value is -0.930. The molecular weight excluding hydrogens is 203 g/mol. The lowest BCUT2D eigenvalue weighted by Crippen LogP contribution is -2.53. The molecule has 1 aliphatic heterocycles. The highest BCUT2D eigenvalue weighted by Gasteiger charge is 2.22. The van der Waals surface area contributed by atoms with E-state index in [1.165, 1.54) is 6.07 Å². The third-order valence-electron chi connectivity index (χ3n) is 3.22. The van der Waals surface area contributed by atoms with Crippen molar-refractivity contribution in [3.05, 3.63) is 35.6 Å². The summed E-state index contributed by atoms with van der Waals surface area (Å²) in [5.41, 5.74) is 0.795. The molecule has 0 spiro atoms. The summed E-state index contributed by atoms with van der Waals surface area (Å²) < 4.78 is 13.5. The summed E-state index contributed by atoms with van der Waals surface area (Å²) in [5, 5.41) is 3.43. The Bertz CT molecular complexity index is 354. The molecule has 2 atom stereocenters. The molecular formula is C13H19FN2. The summed E-state index contributed by atoms with van der Waals surface area (Å²) in [6.45, 7) is 7.02. The molecule has 2 rings (SSSR count). The van der Waals surface area contributed by atoms with Crippen molar-refractivity contribution in [3.63, 3.8) is 0 Å². The van der Waals surface area contributed by atoms with Crippen LogP contribution in [-0.2, 0) is 6.54 Å². The summed E-state index contributed by atoms with van der Waals surface area (Å²) in [6.07, 6.45) is 0. The van der Waals surface area contributed by atoms with Gasteiger partial charge in [0, 0.05) is 37.3 Å². The fourth-order valence-corrected chi connectivity index (χ4v) is 2.16. The van der Waals surface area contributed by atoms with Crippen LogP contribution in [0.5, 0.6) is 0 Å². The Morgan fingerprint density at radius 1 is 1.38 bits per heavy atom. The SMILES string of the molecule is CC1CN(Cc2ccccc2F)C(C)CN1. The molecule has 1 fully saturated rings. The van der Waals surface area contributed by atoms with E-state index in [1.807, 2.05) is 12.1 Å². The topological polar surface area (TPSA) is 15.3 Å². The van der Waals surface area contributed by atoms with Gasteiger partial charge in [0.05, 0.1) is 0 Å². The molecule has 0 amide bonds. The van der Waals surface area contributed by atoms with Crippen molar-refractivity contribution in [2.45, 2.75) is 32.5 Å². The van der Waals surface area contributed by atoms with Crippen LogP contribution < -0.4 is 5.32 Å². The quantitative estimate of drug-likeness (QED) is 0.823. The molecule has 1 aromatic rings. The highest BCUT2D eigenvalue weighted by molar-refractivity contribution is 5.17. The number of nitrogens with zero attached hydrogens (tertiary/aromatic N) is 1. The minimum absolute atomic E-state index is 0.0964. The van der Waals surface area contributed by atoms with Gasteiger partial charge in [0.15, 0.2) is 0 Å². The molecule has 0 aromatic heterocycles. The largest absolute Gasteiger partial charge is 0.311 e. The van der Waals surface area contributed by atoms with Crippen molar-refractivity contribution in [2.75, 3.05) is 13.1 Å². The summed E-state index contributed by atoms with van der Waals surface area (Å²) in [4.78, 5) is 2.33. The van der Waals surface area contributed by atoms with E-state index in [-0.39, 0.29) is 5.82 Å². The molecule has 1 aliphatic rings. The molecule has 0 saturated carbocycles. The predicted molar refractivity (Wildman–Crippen MR) is 63.7 cm³/mol. The Morgan fingerprint density at radius 3 is 2.88 bits per heavy atom. The van der Waals surface area contributed by atoms with Crippen molar-refractivity contribution in [2.24, 2.45) is 0 Å². The monoisotopic (exact) mass is 222 g/mol.